The quantitative estimate of drug-likeness (QED) is 0.758. The second kappa shape index (κ2) is 8.77. The van der Waals surface area contributed by atoms with E-state index in [0.29, 0.717) is 17.1 Å². The average Bonchev–Trinajstić information content (AvgIpc) is 3.34. The standard InChI is InChI=1S/C21H20F2N4O5/c1-31-20(29)25-10-14-11-27(21(30)32-14)13-3-4-15(17(23)8-13)12-2-5-18(24-9-12)26-7-6-16(22)19(26)28/h2-5,8-9,14,16H,6-7,10-11H2,1H3,(H,25,29)/t14-,16?/m0/s1. The summed E-state index contributed by atoms with van der Waals surface area (Å²) in [7, 11) is 1.22. The molecule has 3 amide bonds. The number of alkyl halides is 1. The highest BCUT2D eigenvalue weighted by Crippen LogP contribution is 2.30. The number of methoxy groups -OCH3 is 1. The van der Waals surface area contributed by atoms with Crippen LogP contribution in [0.15, 0.2) is 36.5 Å². The van der Waals surface area contributed by atoms with Crippen molar-refractivity contribution in [1.82, 2.24) is 10.3 Å². The maximum Gasteiger partial charge on any atom is 0.414 e. The number of ether oxygens (including phenoxy) is 2. The molecule has 2 aliphatic rings. The van der Waals surface area contributed by atoms with Gasteiger partial charge in [-0.2, -0.15) is 0 Å². The number of carbonyl (C=O) groups is 3. The number of anilines is 2. The molecule has 32 heavy (non-hydrogen) atoms. The van der Waals surface area contributed by atoms with Crippen LogP contribution in [0.1, 0.15) is 6.42 Å². The molecule has 0 spiro atoms. The zero-order valence-corrected chi connectivity index (χ0v) is 17.1. The molecule has 1 N–H and O–H groups in total. The van der Waals surface area contributed by atoms with E-state index in [2.05, 4.69) is 15.0 Å². The van der Waals surface area contributed by atoms with Crippen LogP contribution in [0.2, 0.25) is 0 Å². The van der Waals surface area contributed by atoms with Crippen molar-refractivity contribution in [3.8, 4) is 11.1 Å². The van der Waals surface area contributed by atoms with E-state index in [9.17, 15) is 23.2 Å². The highest BCUT2D eigenvalue weighted by atomic mass is 19.1. The van der Waals surface area contributed by atoms with Gasteiger partial charge in [0, 0.05) is 30.3 Å². The van der Waals surface area contributed by atoms with Gasteiger partial charge in [-0.3, -0.25) is 14.6 Å². The van der Waals surface area contributed by atoms with Crippen LogP contribution in [0.25, 0.3) is 11.1 Å². The Kier molecular flexibility index (Phi) is 5.89. The van der Waals surface area contributed by atoms with E-state index in [0.717, 1.165) is 0 Å². The number of aromatic nitrogens is 1. The number of pyridine rings is 1. The van der Waals surface area contributed by atoms with Gasteiger partial charge in [0.2, 0.25) is 0 Å². The SMILES string of the molecule is COC(=O)NC[C@H]1CN(c2ccc(-c3ccc(N4CCC(F)C4=O)nc3)c(F)c2)C(=O)O1. The summed E-state index contributed by atoms with van der Waals surface area (Å²) >= 11 is 0. The van der Waals surface area contributed by atoms with Gasteiger partial charge in [-0.1, -0.05) is 0 Å². The van der Waals surface area contributed by atoms with E-state index in [1.54, 1.807) is 12.1 Å². The van der Waals surface area contributed by atoms with Crippen molar-refractivity contribution in [2.45, 2.75) is 18.7 Å². The molecule has 2 aliphatic heterocycles. The lowest BCUT2D eigenvalue weighted by molar-refractivity contribution is -0.121. The molecule has 2 atom stereocenters. The first kappa shape index (κ1) is 21.5. The summed E-state index contributed by atoms with van der Waals surface area (Å²) < 4.78 is 37.9. The Hall–Kier alpha value is -3.76. The normalized spacial score (nSPS) is 20.5. The highest BCUT2D eigenvalue weighted by molar-refractivity contribution is 5.98. The zero-order valence-electron chi connectivity index (χ0n) is 17.1. The van der Waals surface area contributed by atoms with Gasteiger partial charge in [0.05, 0.1) is 25.9 Å². The molecule has 11 heteroatoms. The van der Waals surface area contributed by atoms with Gasteiger partial charge in [-0.05, 0) is 30.3 Å². The molecule has 0 bridgehead atoms. The number of carbonyl (C=O) groups excluding carboxylic acids is 3. The van der Waals surface area contributed by atoms with Crippen molar-refractivity contribution in [2.75, 3.05) is 36.5 Å². The molecule has 2 aromatic rings. The molecule has 1 unspecified atom stereocenters. The summed E-state index contributed by atoms with van der Waals surface area (Å²) in [6.45, 7) is 0.449. The number of halogens is 2. The molecule has 9 nitrogen and oxygen atoms in total. The van der Waals surface area contributed by atoms with Gasteiger partial charge >= 0.3 is 12.2 Å². The Labute approximate surface area is 181 Å². The average molecular weight is 446 g/mol. The van der Waals surface area contributed by atoms with E-state index >= 15 is 0 Å². The largest absolute Gasteiger partial charge is 0.453 e. The van der Waals surface area contributed by atoms with Gasteiger partial charge in [0.25, 0.3) is 5.91 Å². The molecular weight excluding hydrogens is 426 g/mol. The topological polar surface area (TPSA) is 101 Å². The van der Waals surface area contributed by atoms with Crippen molar-refractivity contribution in [2.24, 2.45) is 0 Å². The van der Waals surface area contributed by atoms with Crippen LogP contribution in [0, 0.1) is 5.82 Å². The Morgan fingerprint density at radius 1 is 1.28 bits per heavy atom. The smallest absolute Gasteiger partial charge is 0.414 e. The third-order valence-corrected chi connectivity index (χ3v) is 5.27. The summed E-state index contributed by atoms with van der Waals surface area (Å²) in [6, 6.07) is 7.42. The molecule has 1 aromatic carbocycles. The lowest BCUT2D eigenvalue weighted by atomic mass is 10.1. The maximum atomic E-state index is 14.8. The number of nitrogens with zero attached hydrogens (tertiary/aromatic N) is 3. The number of hydrogen-bond acceptors (Lipinski definition) is 6. The predicted octanol–water partition coefficient (Wildman–Crippen LogP) is 2.64. The fraction of sp³-hybridized carbons (Fsp3) is 0.333. The number of amides is 3. The van der Waals surface area contributed by atoms with Crippen LogP contribution in [-0.2, 0) is 14.3 Å². The lowest BCUT2D eigenvalue weighted by Crippen LogP contribution is -2.34. The van der Waals surface area contributed by atoms with Crippen molar-refractivity contribution in [3.63, 3.8) is 0 Å². The minimum absolute atomic E-state index is 0.0656. The van der Waals surface area contributed by atoms with Crippen molar-refractivity contribution in [1.29, 1.82) is 0 Å². The molecule has 168 valence electrons. The second-order valence-corrected chi connectivity index (χ2v) is 7.30. The molecule has 1 aromatic heterocycles. The Balaban J connectivity index is 1.46. The number of cyclic esters (lactones) is 1. The van der Waals surface area contributed by atoms with E-state index < -0.39 is 36.2 Å². The number of benzene rings is 1. The van der Waals surface area contributed by atoms with Gasteiger partial charge in [0.15, 0.2) is 6.17 Å². The summed E-state index contributed by atoms with van der Waals surface area (Å²) in [5, 5.41) is 2.45. The second-order valence-electron chi connectivity index (χ2n) is 7.30. The molecule has 3 heterocycles. The predicted molar refractivity (Wildman–Crippen MR) is 110 cm³/mol. The van der Waals surface area contributed by atoms with Gasteiger partial charge < -0.3 is 14.8 Å². The van der Waals surface area contributed by atoms with Gasteiger partial charge in [0.1, 0.15) is 17.7 Å². The van der Waals surface area contributed by atoms with E-state index in [4.69, 9.17) is 4.74 Å². The molecule has 0 aliphatic carbocycles. The van der Waals surface area contributed by atoms with Crippen LogP contribution in [0.3, 0.4) is 0 Å². The molecule has 4 rings (SSSR count). The van der Waals surface area contributed by atoms with Crippen LogP contribution >= 0.6 is 0 Å². The van der Waals surface area contributed by atoms with Gasteiger partial charge in [-0.25, -0.2) is 23.4 Å². The Morgan fingerprint density at radius 3 is 2.72 bits per heavy atom. The zero-order chi connectivity index (χ0) is 22.8. The summed E-state index contributed by atoms with van der Waals surface area (Å²) in [5.41, 5.74) is 1.02. The fourth-order valence-corrected chi connectivity index (χ4v) is 3.59. The Bertz CT molecular complexity index is 1050. The number of nitrogens with one attached hydrogen (secondary N) is 1. The highest BCUT2D eigenvalue weighted by Gasteiger charge is 2.34. The number of alkyl carbamates (subject to hydrolysis) is 1. The molecule has 2 saturated heterocycles. The molecule has 0 saturated carbocycles. The minimum atomic E-state index is -1.52. The molecule has 0 radical (unpaired) electrons. The Morgan fingerprint density at radius 2 is 2.09 bits per heavy atom. The lowest BCUT2D eigenvalue weighted by Gasteiger charge is -2.16. The van der Waals surface area contributed by atoms with E-state index in [-0.39, 0.29) is 31.6 Å². The number of hydrogen-bond donors (Lipinski definition) is 1. The van der Waals surface area contributed by atoms with E-state index in [1.165, 1.54) is 41.3 Å². The van der Waals surface area contributed by atoms with Crippen molar-refractivity contribution >= 4 is 29.6 Å². The summed E-state index contributed by atoms with van der Waals surface area (Å²) in [4.78, 5) is 41.8. The minimum Gasteiger partial charge on any atom is -0.453 e. The molecular formula is C21H20F2N4O5. The third-order valence-electron chi connectivity index (χ3n) is 5.27. The van der Waals surface area contributed by atoms with E-state index in [1.807, 2.05) is 0 Å². The monoisotopic (exact) mass is 446 g/mol. The van der Waals surface area contributed by atoms with Crippen LogP contribution in [-0.4, -0.2) is 62.1 Å². The first-order chi connectivity index (χ1) is 15.4. The number of rotatable bonds is 5. The third kappa shape index (κ3) is 4.18. The van der Waals surface area contributed by atoms with Crippen LogP contribution < -0.4 is 15.1 Å². The summed E-state index contributed by atoms with van der Waals surface area (Å²) in [5.74, 6) is -0.900. The molecule has 2 fully saturated rings. The maximum absolute atomic E-state index is 14.8. The summed E-state index contributed by atoms with van der Waals surface area (Å²) in [6.07, 6.45) is -1.88. The first-order valence-electron chi connectivity index (χ1n) is 9.88. The van der Waals surface area contributed by atoms with Crippen LogP contribution in [0.5, 0.6) is 0 Å². The van der Waals surface area contributed by atoms with Crippen LogP contribution in [0.4, 0.5) is 29.9 Å². The van der Waals surface area contributed by atoms with Crippen molar-refractivity contribution in [3.05, 3.63) is 42.3 Å². The first-order valence-corrected chi connectivity index (χ1v) is 9.88. The van der Waals surface area contributed by atoms with Crippen molar-refractivity contribution < 1.29 is 32.6 Å². The fourth-order valence-electron chi connectivity index (χ4n) is 3.59. The van der Waals surface area contributed by atoms with Gasteiger partial charge in [-0.15, -0.1) is 0 Å².